The van der Waals surface area contributed by atoms with Crippen LogP contribution in [0.2, 0.25) is 0 Å². The summed E-state index contributed by atoms with van der Waals surface area (Å²) in [6, 6.07) is 7.74. The molecule has 0 bridgehead atoms. The van der Waals surface area contributed by atoms with Crippen molar-refractivity contribution < 1.29 is 9.53 Å². The van der Waals surface area contributed by atoms with Gasteiger partial charge in [-0.2, -0.15) is 0 Å². The number of halogens is 1. The van der Waals surface area contributed by atoms with Crippen LogP contribution in [0.5, 0.6) is 5.75 Å². The molecule has 0 saturated heterocycles. The molecule has 0 radical (unpaired) electrons. The predicted molar refractivity (Wildman–Crippen MR) is 99.4 cm³/mol. The Morgan fingerprint density at radius 3 is 2.62 bits per heavy atom. The molecule has 7 heteroatoms. The molecule has 0 atom stereocenters. The van der Waals surface area contributed by atoms with Crippen LogP contribution in [0.25, 0.3) is 0 Å². The second kappa shape index (κ2) is 10.2. The van der Waals surface area contributed by atoms with E-state index in [1.807, 2.05) is 31.2 Å². The van der Waals surface area contributed by atoms with Crippen LogP contribution in [0.3, 0.4) is 0 Å². The molecule has 1 aliphatic carbocycles. The number of ether oxygens (including phenoxy) is 1. The van der Waals surface area contributed by atoms with E-state index >= 15 is 0 Å². The molecule has 0 aliphatic heterocycles. The number of nitrogens with zero attached hydrogens (tertiary/aromatic N) is 1. The van der Waals surface area contributed by atoms with Gasteiger partial charge in [-0.3, -0.25) is 9.79 Å². The number of hydrogen-bond donors (Lipinski definition) is 3. The molecule has 0 aromatic heterocycles. The first-order valence-corrected chi connectivity index (χ1v) is 9.16. The molecule has 1 aliphatic rings. The SMILES string of the molecule is CCNC(=NCCNC(=O)C1CC1)NCCOc1ccc(Br)cc1. The van der Waals surface area contributed by atoms with Gasteiger partial charge in [-0.05, 0) is 44.0 Å². The minimum atomic E-state index is 0.158. The highest BCUT2D eigenvalue weighted by molar-refractivity contribution is 9.10. The minimum Gasteiger partial charge on any atom is -0.492 e. The molecular weight excluding hydrogens is 372 g/mol. The summed E-state index contributed by atoms with van der Waals surface area (Å²) in [6.07, 6.45) is 2.05. The summed E-state index contributed by atoms with van der Waals surface area (Å²) in [5, 5.41) is 9.30. The molecular formula is C17H25BrN4O2. The zero-order chi connectivity index (χ0) is 17.2. The maximum Gasteiger partial charge on any atom is 0.223 e. The van der Waals surface area contributed by atoms with Gasteiger partial charge in [0.25, 0.3) is 0 Å². The first kappa shape index (κ1) is 18.6. The molecule has 3 N–H and O–H groups in total. The van der Waals surface area contributed by atoms with E-state index in [1.165, 1.54) is 0 Å². The number of hydrogen-bond acceptors (Lipinski definition) is 3. The quantitative estimate of drug-likeness (QED) is 0.338. The third kappa shape index (κ3) is 7.21. The van der Waals surface area contributed by atoms with Gasteiger partial charge in [0.15, 0.2) is 5.96 Å². The molecule has 132 valence electrons. The molecule has 1 fully saturated rings. The van der Waals surface area contributed by atoms with Crippen molar-refractivity contribution >= 4 is 27.8 Å². The fraction of sp³-hybridized carbons (Fsp3) is 0.529. The molecule has 2 rings (SSSR count). The number of carbonyl (C=O) groups excluding carboxylic acids is 1. The average Bonchev–Trinajstić information content (AvgIpc) is 3.41. The normalized spacial score (nSPS) is 14.2. The van der Waals surface area contributed by atoms with Gasteiger partial charge in [0.1, 0.15) is 12.4 Å². The first-order chi connectivity index (χ1) is 11.7. The van der Waals surface area contributed by atoms with Crippen LogP contribution in [-0.4, -0.2) is 44.7 Å². The Bertz CT molecular complexity index is 544. The highest BCUT2D eigenvalue weighted by atomic mass is 79.9. The van der Waals surface area contributed by atoms with E-state index in [9.17, 15) is 4.79 Å². The van der Waals surface area contributed by atoms with E-state index in [4.69, 9.17) is 4.74 Å². The molecule has 6 nitrogen and oxygen atoms in total. The van der Waals surface area contributed by atoms with Crippen LogP contribution < -0.4 is 20.7 Å². The fourth-order valence-corrected chi connectivity index (χ4v) is 2.31. The number of amides is 1. The molecule has 1 aromatic rings. The van der Waals surface area contributed by atoms with Crippen LogP contribution in [-0.2, 0) is 4.79 Å². The standard InChI is InChI=1S/C17H25BrN4O2/c1-2-19-17(21-10-9-20-16(23)13-3-4-13)22-11-12-24-15-7-5-14(18)6-8-15/h5-8,13H,2-4,9-12H2,1H3,(H,20,23)(H2,19,21,22). The third-order valence-corrected chi connectivity index (χ3v) is 3.98. The largest absolute Gasteiger partial charge is 0.492 e. The number of aliphatic imine (C=N–C) groups is 1. The predicted octanol–water partition coefficient (Wildman–Crippen LogP) is 1.91. The Morgan fingerprint density at radius 1 is 1.21 bits per heavy atom. The minimum absolute atomic E-state index is 0.158. The van der Waals surface area contributed by atoms with E-state index in [0.29, 0.717) is 26.2 Å². The van der Waals surface area contributed by atoms with E-state index < -0.39 is 0 Å². The topological polar surface area (TPSA) is 74.8 Å². The number of rotatable bonds is 9. The van der Waals surface area contributed by atoms with E-state index in [2.05, 4.69) is 36.9 Å². The van der Waals surface area contributed by atoms with E-state index in [-0.39, 0.29) is 11.8 Å². The Balaban J connectivity index is 1.62. The van der Waals surface area contributed by atoms with Crippen molar-refractivity contribution in [1.82, 2.24) is 16.0 Å². The fourth-order valence-electron chi connectivity index (χ4n) is 2.05. The van der Waals surface area contributed by atoms with Gasteiger partial charge in [-0.1, -0.05) is 15.9 Å². The van der Waals surface area contributed by atoms with Crippen molar-refractivity contribution in [3.63, 3.8) is 0 Å². The van der Waals surface area contributed by atoms with Crippen molar-refractivity contribution in [2.75, 3.05) is 32.8 Å². The van der Waals surface area contributed by atoms with Crippen LogP contribution in [0.15, 0.2) is 33.7 Å². The highest BCUT2D eigenvalue weighted by Crippen LogP contribution is 2.28. The van der Waals surface area contributed by atoms with Crippen LogP contribution in [0.4, 0.5) is 0 Å². The zero-order valence-electron chi connectivity index (χ0n) is 14.0. The van der Waals surface area contributed by atoms with Crippen LogP contribution in [0, 0.1) is 5.92 Å². The Kier molecular flexibility index (Phi) is 7.88. The second-order valence-corrected chi connectivity index (χ2v) is 6.47. The molecule has 0 heterocycles. The molecule has 1 amide bonds. The number of guanidine groups is 1. The summed E-state index contributed by atoms with van der Waals surface area (Å²) in [5.41, 5.74) is 0. The summed E-state index contributed by atoms with van der Waals surface area (Å²) in [6.45, 7) is 5.13. The van der Waals surface area contributed by atoms with Crippen molar-refractivity contribution in [3.8, 4) is 5.75 Å². The lowest BCUT2D eigenvalue weighted by Gasteiger charge is -2.12. The lowest BCUT2D eigenvalue weighted by atomic mass is 10.3. The van der Waals surface area contributed by atoms with Gasteiger partial charge in [0.2, 0.25) is 5.91 Å². The van der Waals surface area contributed by atoms with Gasteiger partial charge in [-0.15, -0.1) is 0 Å². The molecule has 0 unspecified atom stereocenters. The third-order valence-electron chi connectivity index (χ3n) is 3.45. The summed E-state index contributed by atoms with van der Waals surface area (Å²) in [5.74, 6) is 1.98. The summed E-state index contributed by atoms with van der Waals surface area (Å²) < 4.78 is 6.69. The Morgan fingerprint density at radius 2 is 1.96 bits per heavy atom. The lowest BCUT2D eigenvalue weighted by molar-refractivity contribution is -0.122. The monoisotopic (exact) mass is 396 g/mol. The van der Waals surface area contributed by atoms with Gasteiger partial charge < -0.3 is 20.7 Å². The van der Waals surface area contributed by atoms with E-state index in [0.717, 1.165) is 35.6 Å². The number of benzene rings is 1. The van der Waals surface area contributed by atoms with Crippen molar-refractivity contribution in [2.24, 2.45) is 10.9 Å². The van der Waals surface area contributed by atoms with Gasteiger partial charge >= 0.3 is 0 Å². The second-order valence-electron chi connectivity index (χ2n) is 5.56. The first-order valence-electron chi connectivity index (χ1n) is 8.37. The average molecular weight is 397 g/mol. The van der Waals surface area contributed by atoms with E-state index in [1.54, 1.807) is 0 Å². The number of carbonyl (C=O) groups is 1. The summed E-state index contributed by atoms with van der Waals surface area (Å²) >= 11 is 3.40. The molecule has 24 heavy (non-hydrogen) atoms. The molecule has 1 saturated carbocycles. The van der Waals surface area contributed by atoms with Gasteiger partial charge in [0.05, 0.1) is 13.1 Å². The van der Waals surface area contributed by atoms with Crippen LogP contribution in [0.1, 0.15) is 19.8 Å². The Labute approximate surface area is 151 Å². The summed E-state index contributed by atoms with van der Waals surface area (Å²) in [4.78, 5) is 16.0. The Hall–Kier alpha value is -1.76. The van der Waals surface area contributed by atoms with Crippen molar-refractivity contribution in [3.05, 3.63) is 28.7 Å². The smallest absolute Gasteiger partial charge is 0.223 e. The van der Waals surface area contributed by atoms with Crippen LogP contribution >= 0.6 is 15.9 Å². The van der Waals surface area contributed by atoms with Gasteiger partial charge in [-0.25, -0.2) is 0 Å². The zero-order valence-corrected chi connectivity index (χ0v) is 15.6. The maximum atomic E-state index is 11.5. The molecule has 0 spiro atoms. The maximum absolute atomic E-state index is 11.5. The lowest BCUT2D eigenvalue weighted by Crippen LogP contribution is -2.40. The molecule has 1 aromatic carbocycles. The van der Waals surface area contributed by atoms with Crippen molar-refractivity contribution in [2.45, 2.75) is 19.8 Å². The number of nitrogens with one attached hydrogen (secondary N) is 3. The summed E-state index contributed by atoms with van der Waals surface area (Å²) in [7, 11) is 0. The van der Waals surface area contributed by atoms with Gasteiger partial charge in [0, 0.05) is 23.5 Å². The highest BCUT2D eigenvalue weighted by Gasteiger charge is 2.28. The van der Waals surface area contributed by atoms with Crippen molar-refractivity contribution in [1.29, 1.82) is 0 Å².